The van der Waals surface area contributed by atoms with Crippen LogP contribution in [0.3, 0.4) is 0 Å². The van der Waals surface area contributed by atoms with Crippen molar-refractivity contribution in [3.8, 4) is 0 Å². The van der Waals surface area contributed by atoms with E-state index in [9.17, 15) is 4.79 Å². The van der Waals surface area contributed by atoms with Crippen molar-refractivity contribution < 1.29 is 0 Å². The van der Waals surface area contributed by atoms with Crippen LogP contribution in [0.4, 0.5) is 0 Å². The Kier molecular flexibility index (Phi) is 3.48. The van der Waals surface area contributed by atoms with E-state index in [0.717, 1.165) is 5.56 Å². The molecule has 0 radical (unpaired) electrons. The highest BCUT2D eigenvalue weighted by atomic mass is 35.5. The molecule has 0 spiro atoms. The zero-order chi connectivity index (χ0) is 9.84. The van der Waals surface area contributed by atoms with Gasteiger partial charge in [-0.2, -0.15) is 0 Å². The Morgan fingerprint density at radius 3 is 3.00 bits per heavy atom. The number of alkyl halides is 1. The molecular formula is C9H13ClN2O. The molecule has 0 aromatic carbocycles. The maximum atomic E-state index is 11.2. The van der Waals surface area contributed by atoms with Crippen molar-refractivity contribution in [3.63, 3.8) is 0 Å². The van der Waals surface area contributed by atoms with E-state index in [1.54, 1.807) is 17.0 Å². The van der Waals surface area contributed by atoms with Gasteiger partial charge < -0.3 is 0 Å². The molecule has 72 valence electrons. The summed E-state index contributed by atoms with van der Waals surface area (Å²) in [5.41, 5.74) is 0.781. The molecule has 3 nitrogen and oxygen atoms in total. The normalized spacial score (nSPS) is 12.8. The highest BCUT2D eigenvalue weighted by Crippen LogP contribution is 2.01. The van der Waals surface area contributed by atoms with Crippen molar-refractivity contribution in [2.45, 2.75) is 20.4 Å². The van der Waals surface area contributed by atoms with Gasteiger partial charge in [0.05, 0.1) is 0 Å². The van der Waals surface area contributed by atoms with Crippen LogP contribution >= 0.6 is 11.6 Å². The Labute approximate surface area is 82.4 Å². The summed E-state index contributed by atoms with van der Waals surface area (Å²) in [6, 6.07) is 0. The predicted octanol–water partition coefficient (Wildman–Crippen LogP) is 1.43. The highest BCUT2D eigenvalue weighted by Gasteiger charge is 2.03. The Morgan fingerprint density at radius 2 is 2.38 bits per heavy atom. The van der Waals surface area contributed by atoms with Gasteiger partial charge >= 0.3 is 5.69 Å². The third-order valence-electron chi connectivity index (χ3n) is 1.76. The summed E-state index contributed by atoms with van der Waals surface area (Å²) in [5, 5.41) is 0. The van der Waals surface area contributed by atoms with Crippen LogP contribution in [0.1, 0.15) is 12.5 Å². The average molecular weight is 201 g/mol. The zero-order valence-corrected chi connectivity index (χ0v) is 8.58. The lowest BCUT2D eigenvalue weighted by Gasteiger charge is -2.09. The standard InChI is InChI=1S/C9H13ClN2O/c1-7(3-10)5-12-6-8(2)4-11-9(12)13/h4,6-7H,3,5H2,1-2H3. The first-order valence-electron chi connectivity index (χ1n) is 4.22. The van der Waals surface area contributed by atoms with Crippen molar-refractivity contribution >= 4 is 11.6 Å². The second-order valence-corrected chi connectivity index (χ2v) is 3.63. The molecule has 1 aromatic rings. The van der Waals surface area contributed by atoms with Crippen molar-refractivity contribution in [1.82, 2.24) is 9.55 Å². The molecule has 0 aliphatic heterocycles. The number of nitrogens with zero attached hydrogens (tertiary/aromatic N) is 2. The van der Waals surface area contributed by atoms with Gasteiger partial charge in [0.2, 0.25) is 0 Å². The van der Waals surface area contributed by atoms with E-state index in [-0.39, 0.29) is 5.69 Å². The van der Waals surface area contributed by atoms with Gasteiger partial charge in [-0.3, -0.25) is 4.57 Å². The minimum Gasteiger partial charge on any atom is -0.299 e. The maximum Gasteiger partial charge on any atom is 0.347 e. The molecule has 1 unspecified atom stereocenters. The van der Waals surface area contributed by atoms with Gasteiger partial charge in [0.15, 0.2) is 0 Å². The number of aromatic nitrogens is 2. The summed E-state index contributed by atoms with van der Waals surface area (Å²) in [4.78, 5) is 15.0. The quantitative estimate of drug-likeness (QED) is 0.692. The minimum atomic E-state index is -0.206. The number of rotatable bonds is 3. The van der Waals surface area contributed by atoms with Gasteiger partial charge in [-0.25, -0.2) is 9.78 Å². The van der Waals surface area contributed by atoms with Crippen molar-refractivity contribution in [3.05, 3.63) is 28.4 Å². The first kappa shape index (κ1) is 10.3. The molecule has 0 aliphatic rings. The van der Waals surface area contributed by atoms with Gasteiger partial charge in [0.25, 0.3) is 0 Å². The summed E-state index contributed by atoms with van der Waals surface area (Å²) in [6.07, 6.45) is 3.38. The maximum absolute atomic E-state index is 11.2. The summed E-state index contributed by atoms with van der Waals surface area (Å²) < 4.78 is 1.60. The fourth-order valence-corrected chi connectivity index (χ4v) is 1.18. The summed E-state index contributed by atoms with van der Waals surface area (Å²) in [7, 11) is 0. The van der Waals surface area contributed by atoms with Crippen LogP contribution in [0.2, 0.25) is 0 Å². The molecule has 0 fully saturated rings. The molecule has 0 N–H and O–H groups in total. The molecule has 1 rings (SSSR count). The van der Waals surface area contributed by atoms with Crippen LogP contribution in [-0.4, -0.2) is 15.4 Å². The molecule has 4 heteroatoms. The van der Waals surface area contributed by atoms with E-state index >= 15 is 0 Å². The van der Waals surface area contributed by atoms with Crippen LogP contribution in [0.5, 0.6) is 0 Å². The van der Waals surface area contributed by atoms with Gasteiger partial charge in [0, 0.05) is 24.8 Å². The van der Waals surface area contributed by atoms with E-state index in [2.05, 4.69) is 4.98 Å². The van der Waals surface area contributed by atoms with Crippen molar-refractivity contribution in [2.75, 3.05) is 5.88 Å². The van der Waals surface area contributed by atoms with E-state index in [1.165, 1.54) is 0 Å². The third-order valence-corrected chi connectivity index (χ3v) is 2.28. The first-order chi connectivity index (χ1) is 6.13. The molecule has 0 saturated heterocycles. The molecular weight excluding hydrogens is 188 g/mol. The highest BCUT2D eigenvalue weighted by molar-refractivity contribution is 6.18. The molecule has 0 aliphatic carbocycles. The largest absolute Gasteiger partial charge is 0.347 e. The lowest BCUT2D eigenvalue weighted by atomic mass is 10.2. The number of aryl methyl sites for hydroxylation is 1. The van der Waals surface area contributed by atoms with E-state index in [0.29, 0.717) is 18.3 Å². The van der Waals surface area contributed by atoms with Crippen LogP contribution in [0.25, 0.3) is 0 Å². The Hall–Kier alpha value is -0.830. The topological polar surface area (TPSA) is 34.9 Å². The minimum absolute atomic E-state index is 0.206. The predicted molar refractivity (Wildman–Crippen MR) is 53.1 cm³/mol. The molecule has 0 amide bonds. The Bertz CT molecular complexity index is 335. The molecule has 13 heavy (non-hydrogen) atoms. The average Bonchev–Trinajstić information content (AvgIpc) is 2.11. The SMILES string of the molecule is Cc1cnc(=O)n(CC(C)CCl)c1. The zero-order valence-electron chi connectivity index (χ0n) is 7.83. The van der Waals surface area contributed by atoms with Gasteiger partial charge in [0.1, 0.15) is 0 Å². The van der Waals surface area contributed by atoms with Crippen LogP contribution in [0.15, 0.2) is 17.2 Å². The molecule has 1 heterocycles. The smallest absolute Gasteiger partial charge is 0.299 e. The van der Waals surface area contributed by atoms with Crippen molar-refractivity contribution in [1.29, 1.82) is 0 Å². The van der Waals surface area contributed by atoms with E-state index < -0.39 is 0 Å². The molecule has 1 aromatic heterocycles. The van der Waals surface area contributed by atoms with Gasteiger partial charge in [-0.15, -0.1) is 11.6 Å². The molecule has 0 saturated carbocycles. The molecule has 0 bridgehead atoms. The summed E-state index contributed by atoms with van der Waals surface area (Å²) >= 11 is 5.66. The number of hydrogen-bond donors (Lipinski definition) is 0. The van der Waals surface area contributed by atoms with Gasteiger partial charge in [-0.05, 0) is 18.4 Å². The lowest BCUT2D eigenvalue weighted by molar-refractivity contribution is 0.506. The first-order valence-corrected chi connectivity index (χ1v) is 4.76. The van der Waals surface area contributed by atoms with E-state index in [4.69, 9.17) is 11.6 Å². The van der Waals surface area contributed by atoms with E-state index in [1.807, 2.05) is 13.8 Å². The van der Waals surface area contributed by atoms with Crippen molar-refractivity contribution in [2.24, 2.45) is 5.92 Å². The monoisotopic (exact) mass is 200 g/mol. The summed E-state index contributed by atoms with van der Waals surface area (Å²) in [6.45, 7) is 4.55. The van der Waals surface area contributed by atoms with Gasteiger partial charge in [-0.1, -0.05) is 6.92 Å². The second kappa shape index (κ2) is 4.42. The van der Waals surface area contributed by atoms with Crippen LogP contribution in [-0.2, 0) is 6.54 Å². The fraction of sp³-hybridized carbons (Fsp3) is 0.556. The fourth-order valence-electron chi connectivity index (χ4n) is 1.08. The Balaban J connectivity index is 2.87. The summed E-state index contributed by atoms with van der Waals surface area (Å²) in [5.74, 6) is 0.850. The third kappa shape index (κ3) is 2.84. The second-order valence-electron chi connectivity index (χ2n) is 3.33. The Morgan fingerprint density at radius 1 is 1.69 bits per heavy atom. The molecule has 1 atom stereocenters. The number of halogens is 1. The number of hydrogen-bond acceptors (Lipinski definition) is 2. The van der Waals surface area contributed by atoms with Crippen LogP contribution in [0, 0.1) is 12.8 Å². The lowest BCUT2D eigenvalue weighted by Crippen LogP contribution is -2.25. The van der Waals surface area contributed by atoms with Crippen LogP contribution < -0.4 is 5.69 Å².